The first kappa shape index (κ1) is 11.2. The summed E-state index contributed by atoms with van der Waals surface area (Å²) >= 11 is 3.10. The molecule has 0 saturated heterocycles. The number of ether oxygens (including phenoxy) is 1. The Morgan fingerprint density at radius 2 is 2.21 bits per heavy atom. The van der Waals surface area contributed by atoms with Crippen LogP contribution in [0, 0.1) is 0 Å². The summed E-state index contributed by atoms with van der Waals surface area (Å²) in [7, 11) is -2.73. The molecule has 0 fully saturated rings. The van der Waals surface area contributed by atoms with E-state index in [4.69, 9.17) is 9.88 Å². The van der Waals surface area contributed by atoms with Crippen molar-refractivity contribution >= 4 is 26.2 Å². The van der Waals surface area contributed by atoms with Crippen molar-refractivity contribution in [3.05, 3.63) is 16.7 Å². The Labute approximate surface area is 89.4 Å². The van der Waals surface area contributed by atoms with Gasteiger partial charge in [-0.3, -0.25) is 0 Å². The fourth-order valence-corrected chi connectivity index (χ4v) is 1.43. The first-order chi connectivity index (χ1) is 6.42. The van der Waals surface area contributed by atoms with Gasteiger partial charge in [0.2, 0.25) is 5.75 Å². The predicted molar refractivity (Wildman–Crippen MR) is 52.2 cm³/mol. The van der Waals surface area contributed by atoms with Crippen molar-refractivity contribution in [2.75, 3.05) is 7.11 Å². The van der Waals surface area contributed by atoms with E-state index in [-0.39, 0.29) is 11.6 Å². The Bertz CT molecular complexity index is 433. The number of hydrogen-bond acceptors (Lipinski definition) is 5. The minimum absolute atomic E-state index is 0.0437. The highest BCUT2D eigenvalue weighted by atomic mass is 79.9. The number of pyridine rings is 1. The molecule has 14 heavy (non-hydrogen) atoms. The van der Waals surface area contributed by atoms with Gasteiger partial charge in [-0.15, -0.1) is 0 Å². The van der Waals surface area contributed by atoms with E-state index < -0.39 is 10.3 Å². The predicted octanol–water partition coefficient (Wildman–Crippen LogP) is 0.435. The molecule has 8 heteroatoms. The topological polar surface area (TPSA) is 91.5 Å². The quantitative estimate of drug-likeness (QED) is 0.868. The minimum Gasteiger partial charge on any atom is -0.478 e. The van der Waals surface area contributed by atoms with Crippen LogP contribution in [0.1, 0.15) is 0 Å². The lowest BCUT2D eigenvalue weighted by Gasteiger charge is -2.06. The van der Waals surface area contributed by atoms with Crippen LogP contribution in [0.2, 0.25) is 0 Å². The summed E-state index contributed by atoms with van der Waals surface area (Å²) in [5, 5.41) is 4.69. The Balaban J connectivity index is 3.11. The van der Waals surface area contributed by atoms with Crippen molar-refractivity contribution in [1.82, 2.24) is 4.98 Å². The number of nitrogens with zero attached hydrogens (tertiary/aromatic N) is 1. The second kappa shape index (κ2) is 4.11. The highest BCUT2D eigenvalue weighted by Gasteiger charge is 2.12. The minimum atomic E-state index is -4.07. The first-order valence-corrected chi connectivity index (χ1v) is 5.60. The van der Waals surface area contributed by atoms with E-state index in [2.05, 4.69) is 25.1 Å². The standard InChI is InChI=1S/C6H7BrN2O4S/c1-12-6-5(13-14(8,10)11)2-4(7)3-9-6/h2-3H,1H3,(H2,8,10,11). The molecule has 1 heterocycles. The van der Waals surface area contributed by atoms with Crippen molar-refractivity contribution in [2.24, 2.45) is 5.14 Å². The maximum Gasteiger partial charge on any atom is 0.380 e. The Kier molecular flexibility index (Phi) is 3.29. The van der Waals surface area contributed by atoms with Gasteiger partial charge in [-0.25, -0.2) is 4.98 Å². The first-order valence-electron chi connectivity index (χ1n) is 3.34. The fraction of sp³-hybridized carbons (Fsp3) is 0.167. The monoisotopic (exact) mass is 282 g/mol. The van der Waals surface area contributed by atoms with Crippen molar-refractivity contribution in [3.63, 3.8) is 0 Å². The van der Waals surface area contributed by atoms with Crippen molar-refractivity contribution < 1.29 is 17.3 Å². The van der Waals surface area contributed by atoms with Gasteiger partial charge in [0.05, 0.1) is 7.11 Å². The van der Waals surface area contributed by atoms with Gasteiger partial charge >= 0.3 is 10.3 Å². The lowest BCUT2D eigenvalue weighted by molar-refractivity contribution is 0.374. The maximum absolute atomic E-state index is 10.6. The molecule has 1 aromatic rings. The number of hydrogen-bond donors (Lipinski definition) is 1. The van der Waals surface area contributed by atoms with Gasteiger partial charge < -0.3 is 8.92 Å². The summed E-state index contributed by atoms with van der Waals surface area (Å²) in [4.78, 5) is 3.77. The molecule has 0 aliphatic rings. The second-order valence-corrected chi connectivity index (χ2v) is 4.31. The van der Waals surface area contributed by atoms with Crippen LogP contribution in [0.25, 0.3) is 0 Å². The molecule has 0 aliphatic carbocycles. The summed E-state index contributed by atoms with van der Waals surface area (Å²) in [6.07, 6.45) is 1.44. The Morgan fingerprint density at radius 3 is 2.71 bits per heavy atom. The van der Waals surface area contributed by atoms with Crippen LogP contribution in [-0.4, -0.2) is 20.5 Å². The molecule has 0 bridgehead atoms. The van der Waals surface area contributed by atoms with E-state index in [0.717, 1.165) is 0 Å². The Morgan fingerprint density at radius 1 is 1.57 bits per heavy atom. The zero-order chi connectivity index (χ0) is 10.8. The summed E-state index contributed by atoms with van der Waals surface area (Å²) in [6, 6.07) is 1.39. The molecule has 6 nitrogen and oxygen atoms in total. The van der Waals surface area contributed by atoms with Gasteiger partial charge in [-0.05, 0) is 15.9 Å². The number of nitrogens with two attached hydrogens (primary N) is 1. The molecule has 0 amide bonds. The average Bonchev–Trinajstić information content (AvgIpc) is 2.01. The smallest absolute Gasteiger partial charge is 0.380 e. The molecule has 1 aromatic heterocycles. The lowest BCUT2D eigenvalue weighted by Crippen LogP contribution is -2.19. The third kappa shape index (κ3) is 3.13. The van der Waals surface area contributed by atoms with Gasteiger partial charge in [0.25, 0.3) is 5.88 Å². The molecule has 0 unspecified atom stereocenters. The highest BCUT2D eigenvalue weighted by Crippen LogP contribution is 2.27. The average molecular weight is 283 g/mol. The number of halogens is 1. The van der Waals surface area contributed by atoms with E-state index in [9.17, 15) is 8.42 Å². The number of rotatable bonds is 3. The summed E-state index contributed by atoms with van der Waals surface area (Å²) in [5.41, 5.74) is 0. The molecule has 0 atom stereocenters. The molecule has 0 spiro atoms. The normalized spacial score (nSPS) is 11.1. The SMILES string of the molecule is COc1ncc(Br)cc1OS(N)(=O)=O. The van der Waals surface area contributed by atoms with Crippen molar-refractivity contribution in [2.45, 2.75) is 0 Å². The van der Waals surface area contributed by atoms with Crippen LogP contribution in [0.5, 0.6) is 11.6 Å². The molecule has 2 N–H and O–H groups in total. The fourth-order valence-electron chi connectivity index (χ4n) is 0.746. The third-order valence-corrected chi connectivity index (χ3v) is 2.03. The molecule has 0 aliphatic heterocycles. The van der Waals surface area contributed by atoms with Gasteiger partial charge in [0.15, 0.2) is 0 Å². The Hall–Kier alpha value is -0.860. The number of aromatic nitrogens is 1. The van der Waals surface area contributed by atoms with Crippen LogP contribution in [0.4, 0.5) is 0 Å². The van der Waals surface area contributed by atoms with Gasteiger partial charge in [0.1, 0.15) is 0 Å². The van der Waals surface area contributed by atoms with Crippen molar-refractivity contribution in [3.8, 4) is 11.6 Å². The molecule has 0 saturated carbocycles. The second-order valence-electron chi connectivity index (χ2n) is 2.24. The van der Waals surface area contributed by atoms with Crippen LogP contribution in [0.3, 0.4) is 0 Å². The zero-order valence-corrected chi connectivity index (χ0v) is 9.50. The van der Waals surface area contributed by atoms with Crippen LogP contribution in [-0.2, 0) is 10.3 Å². The molecular weight excluding hydrogens is 276 g/mol. The lowest BCUT2D eigenvalue weighted by atomic mass is 10.4. The molecule has 78 valence electrons. The molecular formula is C6H7BrN2O4S. The largest absolute Gasteiger partial charge is 0.478 e. The van der Waals surface area contributed by atoms with Gasteiger partial charge in [-0.2, -0.15) is 13.6 Å². The molecule has 0 aromatic carbocycles. The zero-order valence-electron chi connectivity index (χ0n) is 7.10. The van der Waals surface area contributed by atoms with E-state index in [1.807, 2.05) is 0 Å². The van der Waals surface area contributed by atoms with E-state index in [0.29, 0.717) is 4.47 Å². The molecule has 1 rings (SSSR count). The highest BCUT2D eigenvalue weighted by molar-refractivity contribution is 9.10. The van der Waals surface area contributed by atoms with E-state index >= 15 is 0 Å². The number of methoxy groups -OCH3 is 1. The van der Waals surface area contributed by atoms with Gasteiger partial charge in [0, 0.05) is 16.7 Å². The van der Waals surface area contributed by atoms with E-state index in [1.165, 1.54) is 19.4 Å². The van der Waals surface area contributed by atoms with Gasteiger partial charge in [-0.1, -0.05) is 0 Å². The summed E-state index contributed by atoms with van der Waals surface area (Å²) in [6.45, 7) is 0. The maximum atomic E-state index is 10.6. The van der Waals surface area contributed by atoms with E-state index in [1.54, 1.807) is 0 Å². The molecule has 0 radical (unpaired) electrons. The van der Waals surface area contributed by atoms with Crippen molar-refractivity contribution in [1.29, 1.82) is 0 Å². The van der Waals surface area contributed by atoms with Crippen LogP contribution >= 0.6 is 15.9 Å². The summed E-state index contributed by atoms with van der Waals surface area (Å²) in [5.74, 6) is -0.0217. The van der Waals surface area contributed by atoms with Crippen LogP contribution < -0.4 is 14.1 Å². The van der Waals surface area contributed by atoms with Crippen LogP contribution in [0.15, 0.2) is 16.7 Å². The summed E-state index contributed by atoms with van der Waals surface area (Å²) < 4.78 is 31.0. The third-order valence-electron chi connectivity index (χ3n) is 1.18.